The molecule has 24 heavy (non-hydrogen) atoms. The van der Waals surface area contributed by atoms with E-state index in [2.05, 4.69) is 47.4 Å². The summed E-state index contributed by atoms with van der Waals surface area (Å²) in [6, 6.07) is 6.31. The van der Waals surface area contributed by atoms with Crippen LogP contribution in [0.2, 0.25) is 0 Å². The van der Waals surface area contributed by atoms with Crippen molar-refractivity contribution in [1.82, 2.24) is 10.6 Å². The molecule has 5 nitrogen and oxygen atoms in total. The van der Waals surface area contributed by atoms with Crippen LogP contribution in [0.15, 0.2) is 18.2 Å². The average Bonchev–Trinajstić information content (AvgIpc) is 2.58. The number of rotatable bonds is 6. The summed E-state index contributed by atoms with van der Waals surface area (Å²) in [7, 11) is 1.36. The van der Waals surface area contributed by atoms with Gasteiger partial charge in [0.25, 0.3) is 0 Å². The Morgan fingerprint density at radius 3 is 2.67 bits per heavy atom. The third-order valence-electron chi connectivity index (χ3n) is 4.88. The van der Waals surface area contributed by atoms with E-state index in [4.69, 9.17) is 0 Å². The molecule has 0 bridgehead atoms. The Morgan fingerprint density at radius 2 is 2.08 bits per heavy atom. The summed E-state index contributed by atoms with van der Waals surface area (Å²) < 4.78 is 4.59. The van der Waals surface area contributed by atoms with E-state index in [0.717, 1.165) is 31.5 Å². The fraction of sp³-hybridized carbons (Fsp3) is 0.632. The third-order valence-corrected chi connectivity index (χ3v) is 4.88. The number of amides is 1. The monoisotopic (exact) mass is 334 g/mol. The number of alkyl carbamates (subject to hydrolysis) is 1. The highest BCUT2D eigenvalue weighted by atomic mass is 16.5. The Kier molecular flexibility index (Phi) is 6.63. The molecule has 0 unspecified atom stereocenters. The van der Waals surface area contributed by atoms with Gasteiger partial charge in [0.05, 0.1) is 12.7 Å². The molecule has 2 atom stereocenters. The molecule has 1 aliphatic rings. The zero-order valence-corrected chi connectivity index (χ0v) is 15.0. The first-order valence-electron chi connectivity index (χ1n) is 8.79. The predicted molar refractivity (Wildman–Crippen MR) is 95.0 cm³/mol. The number of carbonyl (C=O) groups is 1. The number of ether oxygens (including phenoxy) is 1. The van der Waals surface area contributed by atoms with Crippen LogP contribution in [0.1, 0.15) is 42.4 Å². The number of aryl methyl sites for hydroxylation is 2. The van der Waals surface area contributed by atoms with E-state index in [0.29, 0.717) is 19.4 Å². The summed E-state index contributed by atoms with van der Waals surface area (Å²) in [5.41, 5.74) is 2.45. The maximum Gasteiger partial charge on any atom is 0.406 e. The molecule has 0 aliphatic carbocycles. The Balaban J connectivity index is 2.15. The normalized spacial score (nSPS) is 20.2. The molecule has 1 aromatic rings. The lowest BCUT2D eigenvalue weighted by Gasteiger charge is -2.40. The molecule has 1 aliphatic heterocycles. The van der Waals surface area contributed by atoms with E-state index in [9.17, 15) is 9.90 Å². The fourth-order valence-corrected chi connectivity index (χ4v) is 3.69. The van der Waals surface area contributed by atoms with Crippen molar-refractivity contribution in [2.24, 2.45) is 5.92 Å². The smallest absolute Gasteiger partial charge is 0.406 e. The number of methoxy groups -OCH3 is 1. The highest BCUT2D eigenvalue weighted by molar-refractivity contribution is 5.66. The first kappa shape index (κ1) is 18.7. The maximum absolute atomic E-state index is 11.6. The van der Waals surface area contributed by atoms with E-state index in [1.54, 1.807) is 0 Å². The molecule has 1 saturated heterocycles. The molecule has 0 aromatic heterocycles. The molecule has 134 valence electrons. The number of hydrogen-bond acceptors (Lipinski definition) is 4. The van der Waals surface area contributed by atoms with Crippen molar-refractivity contribution in [1.29, 1.82) is 0 Å². The van der Waals surface area contributed by atoms with Gasteiger partial charge < -0.3 is 20.5 Å². The van der Waals surface area contributed by atoms with Gasteiger partial charge in [-0.1, -0.05) is 29.3 Å². The van der Waals surface area contributed by atoms with Gasteiger partial charge in [0, 0.05) is 19.0 Å². The summed E-state index contributed by atoms with van der Waals surface area (Å²) in [6.45, 7) is 6.47. The second-order valence-corrected chi connectivity index (χ2v) is 6.87. The van der Waals surface area contributed by atoms with Crippen LogP contribution in [-0.4, -0.2) is 37.9 Å². The first-order chi connectivity index (χ1) is 11.5. The molecule has 1 aromatic carbocycles. The fourth-order valence-electron chi connectivity index (χ4n) is 3.69. The Morgan fingerprint density at radius 1 is 1.38 bits per heavy atom. The first-order valence-corrected chi connectivity index (χ1v) is 8.79. The quantitative estimate of drug-likeness (QED) is 0.700. The highest BCUT2D eigenvalue weighted by Gasteiger charge is 2.38. The minimum absolute atomic E-state index is 0.186. The molecule has 2 rings (SSSR count). The van der Waals surface area contributed by atoms with E-state index in [-0.39, 0.29) is 5.92 Å². The van der Waals surface area contributed by atoms with Crippen molar-refractivity contribution in [3.8, 4) is 0 Å². The lowest BCUT2D eigenvalue weighted by Crippen LogP contribution is -2.44. The summed E-state index contributed by atoms with van der Waals surface area (Å²) in [5, 5.41) is 17.7. The van der Waals surface area contributed by atoms with Crippen molar-refractivity contribution in [3.63, 3.8) is 0 Å². The van der Waals surface area contributed by atoms with Gasteiger partial charge in [-0.2, -0.15) is 0 Å². The summed E-state index contributed by atoms with van der Waals surface area (Å²) in [4.78, 5) is 11.2. The number of carbonyl (C=O) groups excluding carboxylic acids is 1. The van der Waals surface area contributed by atoms with E-state index < -0.39 is 11.7 Å². The average molecular weight is 334 g/mol. The molecule has 3 N–H and O–H groups in total. The molecule has 1 amide bonds. The van der Waals surface area contributed by atoms with Crippen LogP contribution in [-0.2, 0) is 10.3 Å². The van der Waals surface area contributed by atoms with Crippen LogP contribution in [0.4, 0.5) is 4.79 Å². The molecule has 1 heterocycles. The van der Waals surface area contributed by atoms with E-state index >= 15 is 0 Å². The predicted octanol–water partition coefficient (Wildman–Crippen LogP) is 2.63. The van der Waals surface area contributed by atoms with Gasteiger partial charge in [0.1, 0.15) is 0 Å². The van der Waals surface area contributed by atoms with Gasteiger partial charge in [-0.25, -0.2) is 4.79 Å². The zero-order valence-electron chi connectivity index (χ0n) is 15.0. The van der Waals surface area contributed by atoms with E-state index in [1.165, 1.54) is 18.2 Å². The summed E-state index contributed by atoms with van der Waals surface area (Å²) in [6.07, 6.45) is 2.99. The largest absolute Gasteiger partial charge is 0.453 e. The Labute approximate surface area is 144 Å². The minimum Gasteiger partial charge on any atom is -0.453 e. The van der Waals surface area contributed by atoms with Crippen molar-refractivity contribution < 1.29 is 14.6 Å². The summed E-state index contributed by atoms with van der Waals surface area (Å²) in [5.74, 6) is 0.186. The van der Waals surface area contributed by atoms with Gasteiger partial charge in [-0.3, -0.25) is 0 Å². The number of hydrogen-bond donors (Lipinski definition) is 3. The third kappa shape index (κ3) is 4.71. The van der Waals surface area contributed by atoms with E-state index in [1.807, 2.05) is 0 Å². The van der Waals surface area contributed by atoms with Gasteiger partial charge in [0.2, 0.25) is 0 Å². The van der Waals surface area contributed by atoms with Crippen LogP contribution in [0.25, 0.3) is 0 Å². The Bertz CT molecular complexity index is 535. The number of benzene rings is 1. The number of nitrogens with one attached hydrogen (secondary N) is 2. The van der Waals surface area contributed by atoms with Crippen molar-refractivity contribution in [3.05, 3.63) is 34.9 Å². The van der Waals surface area contributed by atoms with Crippen molar-refractivity contribution in [2.45, 2.75) is 45.1 Å². The van der Waals surface area contributed by atoms with Crippen LogP contribution < -0.4 is 10.6 Å². The molecular weight excluding hydrogens is 304 g/mol. The number of aliphatic hydroxyl groups is 1. The zero-order chi connectivity index (χ0) is 17.6. The Hall–Kier alpha value is -1.59. The van der Waals surface area contributed by atoms with Crippen LogP contribution in [0.3, 0.4) is 0 Å². The number of piperidine rings is 1. The molecule has 0 radical (unpaired) electrons. The standard InChI is InChI=1S/C19H30N2O3/c1-14-10-15(2)12-17(11-14)19(23,16-6-4-8-20-13-16)7-5-9-21-18(22)24-3/h10-12,16,20,23H,4-9,13H2,1-3H3,(H,21,22)/t16-,19+/m1/s1. The van der Waals surface area contributed by atoms with Crippen molar-refractivity contribution >= 4 is 6.09 Å². The highest BCUT2D eigenvalue weighted by Crippen LogP contribution is 2.38. The second-order valence-electron chi connectivity index (χ2n) is 6.87. The van der Waals surface area contributed by atoms with Crippen LogP contribution in [0.5, 0.6) is 0 Å². The topological polar surface area (TPSA) is 70.6 Å². The van der Waals surface area contributed by atoms with Gasteiger partial charge in [-0.15, -0.1) is 0 Å². The molecule has 0 saturated carbocycles. The maximum atomic E-state index is 11.6. The minimum atomic E-state index is -0.873. The van der Waals surface area contributed by atoms with Crippen molar-refractivity contribution in [2.75, 3.05) is 26.7 Å². The lowest BCUT2D eigenvalue weighted by molar-refractivity contribution is -0.0421. The molecule has 0 spiro atoms. The molecule has 1 fully saturated rings. The molecular formula is C19H30N2O3. The van der Waals surface area contributed by atoms with Gasteiger partial charge in [-0.05, 0) is 51.6 Å². The SMILES string of the molecule is COC(=O)NCCC[C@@](O)(c1cc(C)cc(C)c1)[C@@H]1CCCNC1. The van der Waals surface area contributed by atoms with Crippen LogP contribution >= 0.6 is 0 Å². The van der Waals surface area contributed by atoms with Gasteiger partial charge >= 0.3 is 6.09 Å². The molecule has 5 heteroatoms. The lowest BCUT2D eigenvalue weighted by atomic mass is 9.74. The van der Waals surface area contributed by atoms with Gasteiger partial charge in [0.15, 0.2) is 0 Å². The van der Waals surface area contributed by atoms with Crippen LogP contribution in [0, 0.1) is 19.8 Å². The summed E-state index contributed by atoms with van der Waals surface area (Å²) >= 11 is 0. The second kappa shape index (κ2) is 8.49.